The number of thiophene rings is 1. The predicted octanol–water partition coefficient (Wildman–Crippen LogP) is 6.09. The molecule has 1 heterocycles. The third kappa shape index (κ3) is 1.60. The van der Waals surface area contributed by atoms with Crippen molar-refractivity contribution in [2.24, 2.45) is 35.0 Å². The molecule has 1 aromatic heterocycles. The number of ketones is 2. The fourth-order valence-electron chi connectivity index (χ4n) is 9.51. The first-order valence-corrected chi connectivity index (χ1v) is 12.4. The summed E-state index contributed by atoms with van der Waals surface area (Å²) in [5.41, 5.74) is 4.85. The Kier molecular flexibility index (Phi) is 3.09. The average Bonchev–Trinajstić information content (AvgIpc) is 3.29. The molecule has 0 radical (unpaired) electrons. The zero-order valence-electron chi connectivity index (χ0n) is 18.2. The molecule has 7 rings (SSSR count). The Labute approximate surface area is 181 Å². The molecule has 0 aliphatic heterocycles. The van der Waals surface area contributed by atoms with Gasteiger partial charge < -0.3 is 0 Å². The Morgan fingerprint density at radius 2 is 1.77 bits per heavy atom. The van der Waals surface area contributed by atoms with Crippen LogP contribution >= 0.6 is 11.3 Å². The van der Waals surface area contributed by atoms with Crippen LogP contribution in [-0.4, -0.2) is 11.6 Å². The maximum atomic E-state index is 13.4. The minimum atomic E-state index is -0.242. The molecular formula is C27H28O2S. The first-order chi connectivity index (χ1) is 14.3. The Morgan fingerprint density at radius 3 is 2.43 bits per heavy atom. The lowest BCUT2D eigenvalue weighted by Gasteiger charge is -2.71. The van der Waals surface area contributed by atoms with Crippen molar-refractivity contribution in [1.29, 1.82) is 0 Å². The second-order valence-electron chi connectivity index (χ2n) is 11.0. The zero-order valence-corrected chi connectivity index (χ0v) is 19.0. The largest absolute Gasteiger partial charge is 0.299 e. The predicted molar refractivity (Wildman–Crippen MR) is 121 cm³/mol. The molecule has 5 aliphatic carbocycles. The fourth-order valence-corrected chi connectivity index (χ4v) is 11.2. The maximum Gasteiger partial charge on any atom is 0.156 e. The van der Waals surface area contributed by atoms with E-state index in [0.29, 0.717) is 17.3 Å². The monoisotopic (exact) mass is 416 g/mol. The highest BCUT2D eigenvalue weighted by Crippen LogP contribution is 2.88. The summed E-state index contributed by atoms with van der Waals surface area (Å²) in [7, 11) is 0. The minimum Gasteiger partial charge on any atom is -0.299 e. The van der Waals surface area contributed by atoms with E-state index in [1.54, 1.807) is 13.8 Å². The number of allylic oxidation sites excluding steroid dienone is 2. The van der Waals surface area contributed by atoms with Crippen LogP contribution in [0.2, 0.25) is 0 Å². The molecule has 5 aliphatic rings. The standard InChI is InChI=1S/C27H28O2S/c1-12-5-6-19-20(7-12)30-25-23(19)13(2)22(14(3)28)24(15(4)29)27(25)18-9-16-8-17-10-21(27)26(16,17)11-18/h5-7,16-18,21,24H,8-11H2,1-4H3/t16?,17?,18?,21?,24-,26?,27?/m0/s1. The van der Waals surface area contributed by atoms with E-state index in [0.717, 1.165) is 23.0 Å². The van der Waals surface area contributed by atoms with Gasteiger partial charge in [-0.25, -0.2) is 0 Å². The number of hydrogen-bond acceptors (Lipinski definition) is 3. The third-order valence-electron chi connectivity index (χ3n) is 10.2. The highest BCUT2D eigenvalue weighted by Gasteiger charge is 2.83. The normalized spacial score (nSPS) is 42.2. The Balaban J connectivity index is 1.61. The lowest BCUT2D eigenvalue weighted by molar-refractivity contribution is -0.206. The molecule has 0 N–H and O–H groups in total. The topological polar surface area (TPSA) is 34.1 Å². The van der Waals surface area contributed by atoms with Gasteiger partial charge in [-0.3, -0.25) is 9.59 Å². The maximum absolute atomic E-state index is 13.4. The number of fused-ring (bicyclic) bond motifs is 7. The third-order valence-corrected chi connectivity index (χ3v) is 11.6. The molecule has 4 fully saturated rings. The lowest BCUT2D eigenvalue weighted by atomic mass is 9.32. The Morgan fingerprint density at radius 1 is 1.03 bits per heavy atom. The van der Waals surface area contributed by atoms with Gasteiger partial charge in [-0.05, 0) is 99.7 Å². The summed E-state index contributed by atoms with van der Waals surface area (Å²) in [6, 6.07) is 6.75. The summed E-state index contributed by atoms with van der Waals surface area (Å²) in [6.07, 6.45) is 5.26. The highest BCUT2D eigenvalue weighted by atomic mass is 32.1. The van der Waals surface area contributed by atoms with Crippen LogP contribution in [0, 0.1) is 41.9 Å². The summed E-state index contributed by atoms with van der Waals surface area (Å²) in [6.45, 7) is 7.70. The van der Waals surface area contributed by atoms with Crippen molar-refractivity contribution >= 4 is 38.6 Å². The van der Waals surface area contributed by atoms with E-state index in [1.807, 2.05) is 11.3 Å². The van der Waals surface area contributed by atoms with Crippen molar-refractivity contribution in [2.75, 3.05) is 0 Å². The molecule has 154 valence electrons. The van der Waals surface area contributed by atoms with E-state index in [1.165, 1.54) is 51.8 Å². The molecule has 0 amide bonds. The molecule has 3 heteroatoms. The van der Waals surface area contributed by atoms with Gasteiger partial charge in [-0.1, -0.05) is 12.1 Å². The molecule has 6 unspecified atom stereocenters. The molecule has 0 saturated heterocycles. The van der Waals surface area contributed by atoms with Crippen LogP contribution in [0.3, 0.4) is 0 Å². The van der Waals surface area contributed by atoms with Crippen LogP contribution < -0.4 is 0 Å². The first-order valence-electron chi connectivity index (χ1n) is 11.6. The van der Waals surface area contributed by atoms with Crippen LogP contribution in [-0.2, 0) is 15.0 Å². The van der Waals surface area contributed by atoms with Gasteiger partial charge >= 0.3 is 0 Å². The van der Waals surface area contributed by atoms with E-state index in [9.17, 15) is 9.59 Å². The minimum absolute atomic E-state index is 0.102. The summed E-state index contributed by atoms with van der Waals surface area (Å²) in [5, 5.41) is 1.29. The molecule has 2 bridgehead atoms. The van der Waals surface area contributed by atoms with Gasteiger partial charge in [0.1, 0.15) is 5.78 Å². The average molecular weight is 417 g/mol. The second-order valence-corrected chi connectivity index (χ2v) is 12.1. The molecule has 2 aromatic rings. The highest BCUT2D eigenvalue weighted by molar-refractivity contribution is 7.19. The zero-order chi connectivity index (χ0) is 20.7. The number of benzene rings is 1. The first kappa shape index (κ1) is 17.9. The molecule has 2 nitrogen and oxygen atoms in total. The van der Waals surface area contributed by atoms with Gasteiger partial charge in [0.15, 0.2) is 5.78 Å². The molecule has 7 atom stereocenters. The summed E-state index contributed by atoms with van der Waals surface area (Å²) in [5.74, 6) is 3.00. The summed E-state index contributed by atoms with van der Waals surface area (Å²) >= 11 is 1.94. The van der Waals surface area contributed by atoms with Crippen molar-refractivity contribution in [3.63, 3.8) is 0 Å². The van der Waals surface area contributed by atoms with Crippen molar-refractivity contribution in [3.05, 3.63) is 39.8 Å². The molecule has 4 saturated carbocycles. The van der Waals surface area contributed by atoms with Gasteiger partial charge in [0.25, 0.3) is 0 Å². The molecular weight excluding hydrogens is 388 g/mol. The van der Waals surface area contributed by atoms with E-state index < -0.39 is 0 Å². The van der Waals surface area contributed by atoms with Crippen molar-refractivity contribution < 1.29 is 9.59 Å². The van der Waals surface area contributed by atoms with Crippen LogP contribution in [0.15, 0.2) is 23.8 Å². The molecule has 2 spiro atoms. The van der Waals surface area contributed by atoms with Gasteiger partial charge in [0.05, 0.1) is 5.92 Å². The van der Waals surface area contributed by atoms with Crippen LogP contribution in [0.5, 0.6) is 0 Å². The second kappa shape index (κ2) is 5.18. The number of Topliss-reactive ketones (excluding diaryl/α,β-unsaturated/α-hetero) is 2. The quantitative estimate of drug-likeness (QED) is 0.593. The van der Waals surface area contributed by atoms with E-state index in [2.05, 4.69) is 32.0 Å². The van der Waals surface area contributed by atoms with Crippen molar-refractivity contribution in [2.45, 2.75) is 58.8 Å². The van der Waals surface area contributed by atoms with Gasteiger partial charge in [-0.15, -0.1) is 11.3 Å². The van der Waals surface area contributed by atoms with E-state index in [-0.39, 0.29) is 22.9 Å². The smallest absolute Gasteiger partial charge is 0.156 e. The van der Waals surface area contributed by atoms with Gasteiger partial charge in [-0.2, -0.15) is 0 Å². The van der Waals surface area contributed by atoms with E-state index >= 15 is 0 Å². The van der Waals surface area contributed by atoms with Crippen LogP contribution in [0.25, 0.3) is 15.7 Å². The number of carbonyl (C=O) groups is 2. The van der Waals surface area contributed by atoms with E-state index in [4.69, 9.17) is 0 Å². The molecule has 1 aromatic carbocycles. The Bertz CT molecular complexity index is 1230. The number of carbonyl (C=O) groups excluding carboxylic acids is 2. The van der Waals surface area contributed by atoms with Crippen molar-refractivity contribution in [1.82, 2.24) is 0 Å². The number of aryl methyl sites for hydroxylation is 1. The van der Waals surface area contributed by atoms with Crippen LogP contribution in [0.1, 0.15) is 62.5 Å². The van der Waals surface area contributed by atoms with Crippen molar-refractivity contribution in [3.8, 4) is 0 Å². The fraction of sp³-hybridized carbons (Fsp3) is 0.556. The van der Waals surface area contributed by atoms with Crippen LogP contribution in [0.4, 0.5) is 0 Å². The SMILES string of the molecule is CC(=O)C1=C(C)c2c(sc3cc(C)ccc23)C2(C3CC4CC5CC2C45C3)[C@H]1C(C)=O. The lowest BCUT2D eigenvalue weighted by Crippen LogP contribution is -2.68. The summed E-state index contributed by atoms with van der Waals surface area (Å²) in [4.78, 5) is 27.9. The van der Waals surface area contributed by atoms with Gasteiger partial charge in [0, 0.05) is 31.5 Å². The number of hydrogen-bond donors (Lipinski definition) is 0. The molecule has 30 heavy (non-hydrogen) atoms. The number of rotatable bonds is 2. The Hall–Kier alpha value is -1.74. The van der Waals surface area contributed by atoms with Gasteiger partial charge in [0.2, 0.25) is 0 Å². The summed E-state index contributed by atoms with van der Waals surface area (Å²) < 4.78 is 1.33.